The van der Waals surface area contributed by atoms with E-state index in [0.717, 1.165) is 10.8 Å². The van der Waals surface area contributed by atoms with Gasteiger partial charge in [0.1, 0.15) is 11.5 Å². The number of hydrogen-bond acceptors (Lipinski definition) is 3. The Morgan fingerprint density at radius 3 is 2.79 bits per heavy atom. The molecule has 0 unspecified atom stereocenters. The van der Waals surface area contributed by atoms with Gasteiger partial charge in [-0.1, -0.05) is 12.1 Å². The van der Waals surface area contributed by atoms with E-state index in [4.69, 9.17) is 0 Å². The molecule has 3 aromatic rings. The molecule has 122 valence electrons. The SMILES string of the molecule is CCNC(=O)Nc1cc2cccc(NC(=O)c3ccc[nH]3)c2cn1. The molecule has 3 rings (SSSR count). The van der Waals surface area contributed by atoms with E-state index in [9.17, 15) is 9.59 Å². The zero-order valence-electron chi connectivity index (χ0n) is 13.1. The number of nitrogens with one attached hydrogen (secondary N) is 4. The number of fused-ring (bicyclic) bond motifs is 1. The van der Waals surface area contributed by atoms with Crippen LogP contribution in [0.2, 0.25) is 0 Å². The molecular formula is C17H17N5O2. The zero-order valence-corrected chi connectivity index (χ0v) is 13.1. The second-order valence-corrected chi connectivity index (χ2v) is 5.12. The summed E-state index contributed by atoms with van der Waals surface area (Å²) in [7, 11) is 0. The van der Waals surface area contributed by atoms with Crippen molar-refractivity contribution in [3.05, 3.63) is 54.5 Å². The summed E-state index contributed by atoms with van der Waals surface area (Å²) < 4.78 is 0. The summed E-state index contributed by atoms with van der Waals surface area (Å²) in [6.07, 6.45) is 3.32. The Balaban J connectivity index is 1.85. The number of H-pyrrole nitrogens is 1. The highest BCUT2D eigenvalue weighted by atomic mass is 16.2. The number of pyridine rings is 1. The molecule has 0 fully saturated rings. The second kappa shape index (κ2) is 6.82. The van der Waals surface area contributed by atoms with Crippen LogP contribution in [0.25, 0.3) is 10.8 Å². The summed E-state index contributed by atoms with van der Waals surface area (Å²) in [5, 5.41) is 9.82. The van der Waals surface area contributed by atoms with E-state index >= 15 is 0 Å². The molecule has 0 aliphatic carbocycles. The molecule has 0 aliphatic rings. The summed E-state index contributed by atoms with van der Waals surface area (Å²) in [6, 6.07) is 10.5. The molecule has 0 aliphatic heterocycles. The molecule has 1 aromatic carbocycles. The number of rotatable bonds is 4. The Morgan fingerprint density at radius 1 is 1.17 bits per heavy atom. The minimum absolute atomic E-state index is 0.225. The Kier molecular flexibility index (Phi) is 4.42. The van der Waals surface area contributed by atoms with Crippen LogP contribution in [0.15, 0.2) is 48.8 Å². The lowest BCUT2D eigenvalue weighted by molar-refractivity contribution is 0.102. The highest BCUT2D eigenvalue weighted by Gasteiger charge is 2.10. The summed E-state index contributed by atoms with van der Waals surface area (Å²) in [4.78, 5) is 30.8. The number of aromatic amines is 1. The molecular weight excluding hydrogens is 306 g/mol. The third-order valence-electron chi connectivity index (χ3n) is 3.43. The molecule has 24 heavy (non-hydrogen) atoms. The normalized spacial score (nSPS) is 10.4. The first-order valence-corrected chi connectivity index (χ1v) is 7.55. The fourth-order valence-electron chi connectivity index (χ4n) is 2.33. The van der Waals surface area contributed by atoms with E-state index in [0.29, 0.717) is 23.7 Å². The maximum Gasteiger partial charge on any atom is 0.320 e. The molecule has 0 spiro atoms. The number of carbonyl (C=O) groups excluding carboxylic acids is 2. The van der Waals surface area contributed by atoms with Crippen LogP contribution in [0.3, 0.4) is 0 Å². The van der Waals surface area contributed by atoms with Crippen molar-refractivity contribution in [1.29, 1.82) is 0 Å². The van der Waals surface area contributed by atoms with Crippen molar-refractivity contribution in [2.45, 2.75) is 6.92 Å². The predicted octanol–water partition coefficient (Wildman–Crippen LogP) is 2.96. The molecule has 0 bridgehead atoms. The smallest absolute Gasteiger partial charge is 0.320 e. The summed E-state index contributed by atoms with van der Waals surface area (Å²) >= 11 is 0. The first-order chi connectivity index (χ1) is 11.7. The molecule has 7 heteroatoms. The van der Waals surface area contributed by atoms with Crippen molar-refractivity contribution in [1.82, 2.24) is 15.3 Å². The summed E-state index contributed by atoms with van der Waals surface area (Å²) in [5.41, 5.74) is 1.14. The van der Waals surface area contributed by atoms with Crippen LogP contribution in [-0.4, -0.2) is 28.5 Å². The fraction of sp³-hybridized carbons (Fsp3) is 0.118. The van der Waals surface area contributed by atoms with E-state index in [-0.39, 0.29) is 11.9 Å². The Bertz CT molecular complexity index is 874. The van der Waals surface area contributed by atoms with Crippen molar-refractivity contribution in [2.24, 2.45) is 0 Å². The van der Waals surface area contributed by atoms with Crippen molar-refractivity contribution < 1.29 is 9.59 Å². The number of urea groups is 1. The minimum Gasteiger partial charge on any atom is -0.357 e. The van der Waals surface area contributed by atoms with Crippen molar-refractivity contribution in [3.63, 3.8) is 0 Å². The number of anilines is 2. The number of amides is 3. The molecule has 7 nitrogen and oxygen atoms in total. The van der Waals surface area contributed by atoms with Crippen LogP contribution in [0.4, 0.5) is 16.3 Å². The van der Waals surface area contributed by atoms with Gasteiger partial charge in [-0.3, -0.25) is 10.1 Å². The molecule has 3 amide bonds. The Hall–Kier alpha value is -3.35. The first kappa shape index (κ1) is 15.5. The molecule has 0 saturated heterocycles. The molecule has 0 saturated carbocycles. The lowest BCUT2D eigenvalue weighted by Crippen LogP contribution is -2.28. The van der Waals surface area contributed by atoms with E-state index in [1.807, 2.05) is 25.1 Å². The van der Waals surface area contributed by atoms with Gasteiger partial charge in [0.15, 0.2) is 0 Å². The van der Waals surface area contributed by atoms with Crippen molar-refractivity contribution in [3.8, 4) is 0 Å². The molecule has 2 aromatic heterocycles. The maximum absolute atomic E-state index is 12.2. The largest absolute Gasteiger partial charge is 0.357 e. The highest BCUT2D eigenvalue weighted by Crippen LogP contribution is 2.25. The van der Waals surface area contributed by atoms with Gasteiger partial charge in [-0.25, -0.2) is 9.78 Å². The van der Waals surface area contributed by atoms with Gasteiger partial charge in [0, 0.05) is 24.3 Å². The van der Waals surface area contributed by atoms with Gasteiger partial charge in [-0.05, 0) is 36.6 Å². The third-order valence-corrected chi connectivity index (χ3v) is 3.43. The summed E-state index contributed by atoms with van der Waals surface area (Å²) in [6.45, 7) is 2.38. The Labute approximate surface area is 138 Å². The average molecular weight is 323 g/mol. The van der Waals surface area contributed by atoms with Crippen LogP contribution in [-0.2, 0) is 0 Å². The van der Waals surface area contributed by atoms with E-state index in [2.05, 4.69) is 25.9 Å². The third kappa shape index (κ3) is 3.35. The number of benzene rings is 1. The second-order valence-electron chi connectivity index (χ2n) is 5.12. The van der Waals surface area contributed by atoms with Gasteiger partial charge in [-0.15, -0.1) is 0 Å². The van der Waals surface area contributed by atoms with Gasteiger partial charge in [0.2, 0.25) is 0 Å². The molecule has 0 radical (unpaired) electrons. The number of hydrogen-bond donors (Lipinski definition) is 4. The van der Waals surface area contributed by atoms with Gasteiger partial charge in [-0.2, -0.15) is 0 Å². The van der Waals surface area contributed by atoms with Crippen LogP contribution < -0.4 is 16.0 Å². The minimum atomic E-state index is -0.305. The van der Waals surface area contributed by atoms with Crippen molar-refractivity contribution >= 4 is 34.2 Å². The quantitative estimate of drug-likeness (QED) is 0.594. The zero-order chi connectivity index (χ0) is 16.9. The lowest BCUT2D eigenvalue weighted by atomic mass is 10.1. The number of aromatic nitrogens is 2. The number of nitrogens with zero attached hydrogens (tertiary/aromatic N) is 1. The van der Waals surface area contributed by atoms with Crippen LogP contribution in [0, 0.1) is 0 Å². The average Bonchev–Trinajstić information content (AvgIpc) is 3.09. The predicted molar refractivity (Wildman–Crippen MR) is 93.2 cm³/mol. The molecule has 0 atom stereocenters. The van der Waals surface area contributed by atoms with E-state index in [1.165, 1.54) is 0 Å². The van der Waals surface area contributed by atoms with E-state index < -0.39 is 0 Å². The number of carbonyl (C=O) groups is 2. The van der Waals surface area contributed by atoms with E-state index in [1.54, 1.807) is 30.6 Å². The van der Waals surface area contributed by atoms with Gasteiger partial charge in [0.05, 0.1) is 5.69 Å². The fourth-order valence-corrected chi connectivity index (χ4v) is 2.33. The lowest BCUT2D eigenvalue weighted by Gasteiger charge is -2.10. The molecule has 2 heterocycles. The standard InChI is InChI=1S/C17H17N5O2/c1-2-18-17(24)22-15-9-11-5-3-6-13(12(11)10-20-15)21-16(23)14-7-4-8-19-14/h3-10,19H,2H2,1H3,(H,21,23)(H2,18,20,22,24). The van der Waals surface area contributed by atoms with Crippen LogP contribution in [0.1, 0.15) is 17.4 Å². The van der Waals surface area contributed by atoms with Gasteiger partial charge >= 0.3 is 6.03 Å². The van der Waals surface area contributed by atoms with Crippen LogP contribution in [0.5, 0.6) is 0 Å². The monoisotopic (exact) mass is 323 g/mol. The highest BCUT2D eigenvalue weighted by molar-refractivity contribution is 6.08. The van der Waals surface area contributed by atoms with Gasteiger partial charge in [0.25, 0.3) is 5.91 Å². The topological polar surface area (TPSA) is 98.9 Å². The first-order valence-electron chi connectivity index (χ1n) is 7.55. The summed E-state index contributed by atoms with van der Waals surface area (Å²) in [5.74, 6) is 0.221. The maximum atomic E-state index is 12.2. The Morgan fingerprint density at radius 2 is 2.04 bits per heavy atom. The van der Waals surface area contributed by atoms with Gasteiger partial charge < -0.3 is 15.6 Å². The molecule has 4 N–H and O–H groups in total. The van der Waals surface area contributed by atoms with Crippen molar-refractivity contribution in [2.75, 3.05) is 17.2 Å². The van der Waals surface area contributed by atoms with Crippen LogP contribution >= 0.6 is 0 Å².